The molecule has 0 atom stereocenters. The first-order valence-electron chi connectivity index (χ1n) is 7.78. The molecule has 11 heteroatoms. The Morgan fingerprint density at radius 1 is 0.964 bits per heavy atom. The van der Waals surface area contributed by atoms with Gasteiger partial charge in [0.25, 0.3) is 0 Å². The number of phenols is 2. The zero-order chi connectivity index (χ0) is 20.4. The lowest BCUT2D eigenvalue weighted by Crippen LogP contribution is -2.07. The number of aryl methyl sites for hydroxylation is 1. The van der Waals surface area contributed by atoms with Crippen LogP contribution in [0.4, 0.5) is 28.8 Å². The minimum absolute atomic E-state index is 0.0234. The number of nitro groups is 1. The Morgan fingerprint density at radius 2 is 1.50 bits per heavy atom. The van der Waals surface area contributed by atoms with E-state index in [4.69, 9.17) is 23.2 Å². The van der Waals surface area contributed by atoms with Crippen LogP contribution in [0.1, 0.15) is 5.69 Å². The molecule has 0 spiro atoms. The Hall–Kier alpha value is -3.30. The minimum Gasteiger partial charge on any atom is -0.506 e. The van der Waals surface area contributed by atoms with Crippen molar-refractivity contribution < 1.29 is 15.1 Å². The molecule has 0 aliphatic carbocycles. The second kappa shape index (κ2) is 7.75. The van der Waals surface area contributed by atoms with Gasteiger partial charge in [0.1, 0.15) is 17.2 Å². The Bertz CT molecular complexity index is 1080. The molecule has 3 aromatic rings. The van der Waals surface area contributed by atoms with Crippen molar-refractivity contribution in [2.24, 2.45) is 0 Å². The number of hydrogen-bond acceptors (Lipinski definition) is 8. The van der Waals surface area contributed by atoms with Gasteiger partial charge < -0.3 is 20.8 Å². The zero-order valence-electron chi connectivity index (χ0n) is 14.3. The van der Waals surface area contributed by atoms with Crippen LogP contribution in [0.15, 0.2) is 36.4 Å². The quantitative estimate of drug-likeness (QED) is 0.259. The molecule has 1 heterocycles. The number of phenolic OH excluding ortho intramolecular Hbond substituents is 2. The molecule has 28 heavy (non-hydrogen) atoms. The summed E-state index contributed by atoms with van der Waals surface area (Å²) >= 11 is 11.8. The predicted octanol–water partition coefficient (Wildman–Crippen LogP) is 4.90. The average molecular weight is 422 g/mol. The van der Waals surface area contributed by atoms with Crippen LogP contribution in [0.2, 0.25) is 10.0 Å². The third-order valence-corrected chi connectivity index (χ3v) is 4.13. The molecular weight excluding hydrogens is 409 g/mol. The van der Waals surface area contributed by atoms with E-state index in [0.717, 1.165) is 0 Å². The van der Waals surface area contributed by atoms with Crippen molar-refractivity contribution in [3.05, 3.63) is 62.3 Å². The molecule has 2 aromatic carbocycles. The Labute approximate surface area is 168 Å². The number of aromatic nitrogens is 2. The van der Waals surface area contributed by atoms with E-state index in [1.165, 1.54) is 43.3 Å². The first-order chi connectivity index (χ1) is 13.2. The van der Waals surface area contributed by atoms with Crippen molar-refractivity contribution in [2.75, 3.05) is 10.6 Å². The number of rotatable bonds is 5. The van der Waals surface area contributed by atoms with Gasteiger partial charge in [-0.05, 0) is 43.3 Å². The highest BCUT2D eigenvalue weighted by atomic mass is 35.5. The maximum absolute atomic E-state index is 11.5. The minimum atomic E-state index is -0.639. The van der Waals surface area contributed by atoms with E-state index in [1.807, 2.05) is 0 Å². The van der Waals surface area contributed by atoms with Crippen molar-refractivity contribution in [3.63, 3.8) is 0 Å². The fourth-order valence-electron chi connectivity index (χ4n) is 2.39. The smallest absolute Gasteiger partial charge is 0.332 e. The van der Waals surface area contributed by atoms with Crippen molar-refractivity contribution >= 4 is 52.0 Å². The molecule has 9 nitrogen and oxygen atoms in total. The summed E-state index contributed by atoms with van der Waals surface area (Å²) in [5, 5.41) is 37.5. The maximum atomic E-state index is 11.5. The van der Waals surface area contributed by atoms with Crippen LogP contribution in [0.3, 0.4) is 0 Å². The van der Waals surface area contributed by atoms with Crippen LogP contribution in [0, 0.1) is 17.0 Å². The molecule has 0 bridgehead atoms. The van der Waals surface area contributed by atoms with Gasteiger partial charge in [0.2, 0.25) is 11.8 Å². The van der Waals surface area contributed by atoms with Gasteiger partial charge in [-0.15, -0.1) is 0 Å². The Balaban J connectivity index is 2.06. The Morgan fingerprint density at radius 3 is 2.04 bits per heavy atom. The van der Waals surface area contributed by atoms with Crippen molar-refractivity contribution in [2.45, 2.75) is 6.92 Å². The molecular formula is C17H13Cl2N5O4. The van der Waals surface area contributed by atoms with Crippen LogP contribution in [-0.4, -0.2) is 25.1 Å². The van der Waals surface area contributed by atoms with E-state index in [9.17, 15) is 20.3 Å². The predicted molar refractivity (Wildman–Crippen MR) is 106 cm³/mol. The molecule has 0 amide bonds. The van der Waals surface area contributed by atoms with Crippen molar-refractivity contribution in [1.82, 2.24) is 9.97 Å². The van der Waals surface area contributed by atoms with Gasteiger partial charge in [-0.1, -0.05) is 23.2 Å². The lowest BCUT2D eigenvalue weighted by molar-refractivity contribution is -0.385. The zero-order valence-corrected chi connectivity index (χ0v) is 15.8. The van der Waals surface area contributed by atoms with Crippen molar-refractivity contribution in [1.29, 1.82) is 0 Å². The largest absolute Gasteiger partial charge is 0.506 e. The van der Waals surface area contributed by atoms with E-state index in [1.54, 1.807) is 0 Å². The van der Waals surface area contributed by atoms with Gasteiger partial charge in [-0.25, -0.2) is 4.98 Å². The molecule has 0 saturated carbocycles. The molecule has 4 N–H and O–H groups in total. The summed E-state index contributed by atoms with van der Waals surface area (Å²) in [4.78, 5) is 19.0. The molecule has 0 radical (unpaired) electrons. The van der Waals surface area contributed by atoms with Gasteiger partial charge in [-0.2, -0.15) is 4.98 Å². The van der Waals surface area contributed by atoms with E-state index >= 15 is 0 Å². The number of benzene rings is 2. The normalized spacial score (nSPS) is 10.5. The monoisotopic (exact) mass is 421 g/mol. The third kappa shape index (κ3) is 4.16. The van der Waals surface area contributed by atoms with Crippen molar-refractivity contribution in [3.8, 4) is 11.5 Å². The summed E-state index contributed by atoms with van der Waals surface area (Å²) in [5.41, 5.74) is 0.0378. The van der Waals surface area contributed by atoms with Crippen LogP contribution in [0.25, 0.3) is 0 Å². The standard InChI is InChI=1S/C17H13Cl2N5O4/c1-8-15(24(27)28)16(21-11-6-9(18)2-4-13(11)25)23-17(20-8)22-12-7-10(19)3-5-14(12)26/h2-7,25-26H,1H3,(H2,20,21,22,23). The fraction of sp³-hybridized carbons (Fsp3) is 0.0588. The van der Waals surface area contributed by atoms with Gasteiger partial charge in [-0.3, -0.25) is 10.1 Å². The number of nitrogens with zero attached hydrogens (tertiary/aromatic N) is 3. The molecule has 0 saturated heterocycles. The number of halogens is 2. The Kier molecular flexibility index (Phi) is 5.39. The highest BCUT2D eigenvalue weighted by Gasteiger charge is 2.23. The van der Waals surface area contributed by atoms with Gasteiger partial charge >= 0.3 is 5.69 Å². The number of anilines is 4. The summed E-state index contributed by atoms with van der Waals surface area (Å²) in [6, 6.07) is 8.54. The summed E-state index contributed by atoms with van der Waals surface area (Å²) < 4.78 is 0. The highest BCUT2D eigenvalue weighted by molar-refractivity contribution is 6.31. The van der Waals surface area contributed by atoms with Crippen LogP contribution >= 0.6 is 23.2 Å². The second-order valence-electron chi connectivity index (χ2n) is 5.66. The fourth-order valence-corrected chi connectivity index (χ4v) is 2.74. The number of nitrogens with one attached hydrogen (secondary N) is 2. The summed E-state index contributed by atoms with van der Waals surface area (Å²) in [5.74, 6) is -0.466. The first-order valence-corrected chi connectivity index (χ1v) is 8.54. The topological polar surface area (TPSA) is 133 Å². The van der Waals surface area contributed by atoms with E-state index < -0.39 is 4.92 Å². The van der Waals surface area contributed by atoms with E-state index in [0.29, 0.717) is 10.0 Å². The molecule has 0 aliphatic heterocycles. The van der Waals surface area contributed by atoms with Gasteiger partial charge in [0.15, 0.2) is 0 Å². The first kappa shape index (κ1) is 19.5. The number of hydrogen-bond donors (Lipinski definition) is 4. The maximum Gasteiger partial charge on any atom is 0.332 e. The lowest BCUT2D eigenvalue weighted by Gasteiger charge is -2.12. The third-order valence-electron chi connectivity index (χ3n) is 3.66. The summed E-state index contributed by atoms with van der Waals surface area (Å²) in [7, 11) is 0. The van der Waals surface area contributed by atoms with Crippen LogP contribution in [-0.2, 0) is 0 Å². The second-order valence-corrected chi connectivity index (χ2v) is 6.53. The summed E-state index contributed by atoms with van der Waals surface area (Å²) in [6.45, 7) is 1.44. The number of aromatic hydroxyl groups is 2. The SMILES string of the molecule is Cc1nc(Nc2cc(Cl)ccc2O)nc(Nc2cc(Cl)ccc2O)c1[N+](=O)[O-]. The molecule has 1 aromatic heterocycles. The van der Waals surface area contributed by atoms with Crippen LogP contribution < -0.4 is 10.6 Å². The highest BCUT2D eigenvalue weighted by Crippen LogP contribution is 2.35. The van der Waals surface area contributed by atoms with Gasteiger partial charge in [0.05, 0.1) is 16.3 Å². The molecule has 0 fully saturated rings. The molecule has 144 valence electrons. The molecule has 3 rings (SSSR count). The molecule has 0 aliphatic rings. The average Bonchev–Trinajstić information content (AvgIpc) is 2.60. The lowest BCUT2D eigenvalue weighted by atomic mass is 10.2. The van der Waals surface area contributed by atoms with Gasteiger partial charge in [0, 0.05) is 10.0 Å². The summed E-state index contributed by atoms with van der Waals surface area (Å²) in [6.07, 6.45) is 0. The van der Waals surface area contributed by atoms with E-state index in [-0.39, 0.29) is 46.0 Å². The molecule has 0 unspecified atom stereocenters. The van der Waals surface area contributed by atoms with Crippen LogP contribution in [0.5, 0.6) is 11.5 Å². The van der Waals surface area contributed by atoms with E-state index in [2.05, 4.69) is 20.6 Å².